The van der Waals surface area contributed by atoms with Gasteiger partial charge in [-0.15, -0.1) is 11.3 Å². The highest BCUT2D eigenvalue weighted by atomic mass is 32.2. The first-order valence-corrected chi connectivity index (χ1v) is 10.5. The Bertz CT molecular complexity index is 833. The van der Waals surface area contributed by atoms with Crippen molar-refractivity contribution in [2.45, 2.75) is 6.92 Å². The molecular weight excluding hydrogens is 344 g/mol. The molecule has 0 radical (unpaired) electrons. The molecule has 0 spiro atoms. The molecule has 1 fully saturated rings. The Morgan fingerprint density at radius 1 is 1.04 bits per heavy atom. The molecule has 0 N–H and O–H groups in total. The van der Waals surface area contributed by atoms with E-state index in [2.05, 4.69) is 0 Å². The van der Waals surface area contributed by atoms with Crippen molar-refractivity contribution in [3.8, 4) is 11.1 Å². The van der Waals surface area contributed by atoms with Gasteiger partial charge in [-0.25, -0.2) is 8.42 Å². The standard InChI is InChI=1S/C17H20N2O3S2/c1-13-3-5-14(6-4-13)15-7-12-23-16(15)17(20)18-8-10-19(11-9-18)24(2,21)22/h3-7,12H,8-11H2,1-2H3. The number of sulfonamides is 1. The van der Waals surface area contributed by atoms with Crippen LogP contribution >= 0.6 is 11.3 Å². The monoisotopic (exact) mass is 364 g/mol. The average Bonchev–Trinajstić information content (AvgIpc) is 3.04. The summed E-state index contributed by atoms with van der Waals surface area (Å²) in [6.45, 7) is 3.60. The molecule has 3 rings (SSSR count). The number of nitrogens with zero attached hydrogens (tertiary/aromatic N) is 2. The summed E-state index contributed by atoms with van der Waals surface area (Å²) >= 11 is 1.43. The maximum absolute atomic E-state index is 12.8. The van der Waals surface area contributed by atoms with Crippen LogP contribution in [0.25, 0.3) is 11.1 Å². The summed E-state index contributed by atoms with van der Waals surface area (Å²) in [7, 11) is -3.19. The van der Waals surface area contributed by atoms with Gasteiger partial charge in [-0.2, -0.15) is 4.31 Å². The normalized spacial score (nSPS) is 16.3. The minimum absolute atomic E-state index is 0.0197. The lowest BCUT2D eigenvalue weighted by Crippen LogP contribution is -2.50. The molecule has 0 aliphatic carbocycles. The van der Waals surface area contributed by atoms with E-state index in [1.54, 1.807) is 4.90 Å². The van der Waals surface area contributed by atoms with Crippen LogP contribution in [0, 0.1) is 6.92 Å². The van der Waals surface area contributed by atoms with Crippen molar-refractivity contribution < 1.29 is 13.2 Å². The van der Waals surface area contributed by atoms with Crippen molar-refractivity contribution in [3.05, 3.63) is 46.2 Å². The maximum atomic E-state index is 12.8. The SMILES string of the molecule is Cc1ccc(-c2ccsc2C(=O)N2CCN(S(C)(=O)=O)CC2)cc1. The lowest BCUT2D eigenvalue weighted by molar-refractivity contribution is 0.0704. The first-order valence-electron chi connectivity index (χ1n) is 7.75. The zero-order chi connectivity index (χ0) is 17.3. The molecule has 7 heteroatoms. The van der Waals surface area contributed by atoms with E-state index >= 15 is 0 Å². The molecule has 0 unspecified atom stereocenters. The van der Waals surface area contributed by atoms with Crippen molar-refractivity contribution in [2.24, 2.45) is 0 Å². The van der Waals surface area contributed by atoms with Crippen LogP contribution in [-0.4, -0.2) is 56.0 Å². The van der Waals surface area contributed by atoms with Gasteiger partial charge in [-0.3, -0.25) is 4.79 Å². The minimum atomic E-state index is -3.19. The summed E-state index contributed by atoms with van der Waals surface area (Å²) < 4.78 is 24.6. The van der Waals surface area contributed by atoms with Crippen molar-refractivity contribution in [1.29, 1.82) is 0 Å². The van der Waals surface area contributed by atoms with Crippen LogP contribution in [-0.2, 0) is 10.0 Å². The number of carbonyl (C=O) groups is 1. The van der Waals surface area contributed by atoms with Crippen LogP contribution in [0.2, 0.25) is 0 Å². The highest BCUT2D eigenvalue weighted by molar-refractivity contribution is 7.88. The maximum Gasteiger partial charge on any atom is 0.264 e. The molecular formula is C17H20N2O3S2. The van der Waals surface area contributed by atoms with Crippen LogP contribution in [0.4, 0.5) is 0 Å². The second kappa shape index (κ2) is 6.66. The summed E-state index contributed by atoms with van der Waals surface area (Å²) in [6, 6.07) is 10.1. The molecule has 24 heavy (non-hydrogen) atoms. The highest BCUT2D eigenvalue weighted by Gasteiger charge is 2.28. The van der Waals surface area contributed by atoms with Crippen molar-refractivity contribution in [3.63, 3.8) is 0 Å². The van der Waals surface area contributed by atoms with E-state index in [-0.39, 0.29) is 5.91 Å². The number of thiophene rings is 1. The topological polar surface area (TPSA) is 57.7 Å². The molecule has 1 aromatic heterocycles. The van der Waals surface area contributed by atoms with E-state index in [4.69, 9.17) is 0 Å². The molecule has 1 aliphatic heterocycles. The molecule has 2 heterocycles. The second-order valence-corrected chi connectivity index (χ2v) is 8.88. The summed E-state index contributed by atoms with van der Waals surface area (Å²) in [4.78, 5) is 15.3. The third-order valence-electron chi connectivity index (χ3n) is 4.22. The Balaban J connectivity index is 1.78. The third kappa shape index (κ3) is 3.53. The molecule has 2 aromatic rings. The van der Waals surface area contributed by atoms with Gasteiger partial charge in [0.05, 0.1) is 11.1 Å². The Labute approximate surface area is 146 Å². The highest BCUT2D eigenvalue weighted by Crippen LogP contribution is 2.30. The Morgan fingerprint density at radius 2 is 1.67 bits per heavy atom. The summed E-state index contributed by atoms with van der Waals surface area (Å²) in [6.07, 6.45) is 1.21. The van der Waals surface area contributed by atoms with Crippen LogP contribution in [0.1, 0.15) is 15.2 Å². The fraction of sp³-hybridized carbons (Fsp3) is 0.353. The first-order chi connectivity index (χ1) is 11.4. The van der Waals surface area contributed by atoms with Crippen molar-refractivity contribution in [2.75, 3.05) is 32.4 Å². The molecule has 128 valence electrons. The minimum Gasteiger partial charge on any atom is -0.335 e. The molecule has 0 bridgehead atoms. The summed E-state index contributed by atoms with van der Waals surface area (Å²) in [5.74, 6) is -0.0197. The number of rotatable bonds is 3. The number of amides is 1. The molecule has 1 aromatic carbocycles. The van der Waals surface area contributed by atoms with Gasteiger partial charge in [0, 0.05) is 31.7 Å². The van der Waals surface area contributed by atoms with Gasteiger partial charge >= 0.3 is 0 Å². The van der Waals surface area contributed by atoms with Crippen molar-refractivity contribution in [1.82, 2.24) is 9.21 Å². The van der Waals surface area contributed by atoms with E-state index in [9.17, 15) is 13.2 Å². The molecule has 1 aliphatic rings. The van der Waals surface area contributed by atoms with Crippen LogP contribution < -0.4 is 0 Å². The lowest BCUT2D eigenvalue weighted by Gasteiger charge is -2.33. The predicted molar refractivity (Wildman–Crippen MR) is 96.8 cm³/mol. The van der Waals surface area contributed by atoms with Gasteiger partial charge in [0.25, 0.3) is 5.91 Å². The Hall–Kier alpha value is -1.70. The van der Waals surface area contributed by atoms with E-state index in [0.717, 1.165) is 11.1 Å². The fourth-order valence-electron chi connectivity index (χ4n) is 2.80. The van der Waals surface area contributed by atoms with E-state index < -0.39 is 10.0 Å². The molecule has 0 atom stereocenters. The molecule has 5 nitrogen and oxygen atoms in total. The molecule has 1 saturated heterocycles. The number of aryl methyl sites for hydroxylation is 1. The van der Waals surface area contributed by atoms with Gasteiger partial charge in [0.1, 0.15) is 0 Å². The van der Waals surface area contributed by atoms with Gasteiger partial charge in [0.15, 0.2) is 0 Å². The van der Waals surface area contributed by atoms with E-state index in [1.165, 1.54) is 27.5 Å². The van der Waals surface area contributed by atoms with Gasteiger partial charge < -0.3 is 4.90 Å². The number of hydrogen-bond donors (Lipinski definition) is 0. The summed E-state index contributed by atoms with van der Waals surface area (Å²) in [5.41, 5.74) is 3.15. The lowest BCUT2D eigenvalue weighted by atomic mass is 10.0. The molecule has 1 amide bonds. The van der Waals surface area contributed by atoms with Crippen LogP contribution in [0.3, 0.4) is 0 Å². The van der Waals surface area contributed by atoms with Crippen LogP contribution in [0.5, 0.6) is 0 Å². The number of piperazine rings is 1. The van der Waals surface area contributed by atoms with Gasteiger partial charge in [0.2, 0.25) is 10.0 Å². The number of carbonyl (C=O) groups excluding carboxylic acids is 1. The van der Waals surface area contributed by atoms with E-state index in [1.807, 2.05) is 42.6 Å². The Kier molecular flexibility index (Phi) is 4.76. The molecule has 0 saturated carbocycles. The third-order valence-corrected chi connectivity index (χ3v) is 6.42. The quantitative estimate of drug-likeness (QED) is 0.840. The summed E-state index contributed by atoms with van der Waals surface area (Å²) in [5, 5.41) is 1.93. The van der Waals surface area contributed by atoms with Crippen molar-refractivity contribution >= 4 is 27.3 Å². The second-order valence-electron chi connectivity index (χ2n) is 5.98. The van der Waals surface area contributed by atoms with Crippen LogP contribution in [0.15, 0.2) is 35.7 Å². The Morgan fingerprint density at radius 3 is 2.25 bits per heavy atom. The predicted octanol–water partition coefficient (Wildman–Crippen LogP) is 2.44. The zero-order valence-corrected chi connectivity index (χ0v) is 15.4. The van der Waals surface area contributed by atoms with Gasteiger partial charge in [-0.05, 0) is 23.9 Å². The van der Waals surface area contributed by atoms with Gasteiger partial charge in [-0.1, -0.05) is 29.8 Å². The largest absolute Gasteiger partial charge is 0.335 e. The average molecular weight is 364 g/mol. The number of hydrogen-bond acceptors (Lipinski definition) is 4. The first kappa shape index (κ1) is 17.1. The zero-order valence-electron chi connectivity index (χ0n) is 13.7. The smallest absolute Gasteiger partial charge is 0.264 e. The number of benzene rings is 1. The fourth-order valence-corrected chi connectivity index (χ4v) is 4.51. The van der Waals surface area contributed by atoms with E-state index in [0.29, 0.717) is 31.1 Å².